The van der Waals surface area contributed by atoms with Gasteiger partial charge in [0.2, 0.25) is 0 Å². The van der Waals surface area contributed by atoms with Gasteiger partial charge in [-0.2, -0.15) is 5.10 Å². The third-order valence-electron chi connectivity index (χ3n) is 3.12. The van der Waals surface area contributed by atoms with Crippen LogP contribution in [0.3, 0.4) is 0 Å². The van der Waals surface area contributed by atoms with E-state index in [9.17, 15) is 0 Å². The molecule has 1 aromatic heterocycles. The van der Waals surface area contributed by atoms with Crippen LogP contribution in [0.25, 0.3) is 22.2 Å². The van der Waals surface area contributed by atoms with Crippen molar-refractivity contribution in [2.75, 3.05) is 11.5 Å². The van der Waals surface area contributed by atoms with Crippen molar-refractivity contribution in [3.05, 3.63) is 42.5 Å². The van der Waals surface area contributed by atoms with Crippen molar-refractivity contribution in [3.63, 3.8) is 0 Å². The molecule has 0 radical (unpaired) electrons. The summed E-state index contributed by atoms with van der Waals surface area (Å²) >= 11 is 0. The number of aryl methyl sites for hydroxylation is 1. The highest BCUT2D eigenvalue weighted by molar-refractivity contribution is 5.94. The number of benzene rings is 2. The third kappa shape index (κ3) is 1.50. The molecule has 0 bridgehead atoms. The summed E-state index contributed by atoms with van der Waals surface area (Å²) < 4.78 is 1.87. The second kappa shape index (κ2) is 3.77. The summed E-state index contributed by atoms with van der Waals surface area (Å²) in [6, 6.07) is 13.7. The van der Waals surface area contributed by atoms with Crippen molar-refractivity contribution < 1.29 is 0 Å². The Balaban J connectivity index is 2.28. The van der Waals surface area contributed by atoms with E-state index in [4.69, 9.17) is 11.5 Å². The van der Waals surface area contributed by atoms with E-state index in [0.29, 0.717) is 11.4 Å². The number of rotatable bonds is 1. The van der Waals surface area contributed by atoms with Crippen LogP contribution in [0.4, 0.5) is 11.4 Å². The monoisotopic (exact) mass is 238 g/mol. The van der Waals surface area contributed by atoms with Crippen LogP contribution in [0, 0.1) is 0 Å². The maximum atomic E-state index is 5.85. The highest BCUT2D eigenvalue weighted by atomic mass is 15.3. The van der Waals surface area contributed by atoms with Crippen molar-refractivity contribution in [1.82, 2.24) is 9.78 Å². The number of hydrogen-bond donors (Lipinski definition) is 2. The molecule has 0 amide bonds. The quantitative estimate of drug-likeness (QED) is 0.639. The van der Waals surface area contributed by atoms with Crippen molar-refractivity contribution in [1.29, 1.82) is 0 Å². The molecule has 3 aromatic rings. The van der Waals surface area contributed by atoms with Crippen molar-refractivity contribution in [2.45, 2.75) is 0 Å². The van der Waals surface area contributed by atoms with E-state index < -0.39 is 0 Å². The van der Waals surface area contributed by atoms with E-state index in [1.54, 1.807) is 0 Å². The molecule has 18 heavy (non-hydrogen) atoms. The average molecular weight is 238 g/mol. The van der Waals surface area contributed by atoms with Gasteiger partial charge in [0.05, 0.1) is 16.9 Å². The minimum Gasteiger partial charge on any atom is -0.397 e. The lowest BCUT2D eigenvalue weighted by atomic mass is 10.1. The molecular weight excluding hydrogens is 224 g/mol. The molecule has 90 valence electrons. The second-order valence-corrected chi connectivity index (χ2v) is 4.33. The largest absolute Gasteiger partial charge is 0.397 e. The standard InChI is InChI=1S/C14H14N4/c1-18-13-5-3-2-4-10(13)14(17-18)9-6-7-11(15)12(16)8-9/h2-8H,15-16H2,1H3. The maximum absolute atomic E-state index is 5.85. The summed E-state index contributed by atoms with van der Waals surface area (Å²) in [6.07, 6.45) is 0. The molecule has 0 unspecified atom stereocenters. The highest BCUT2D eigenvalue weighted by Crippen LogP contribution is 2.30. The first kappa shape index (κ1) is 10.7. The first-order chi connectivity index (χ1) is 8.66. The Kier molecular flexibility index (Phi) is 2.23. The van der Waals surface area contributed by atoms with Crippen molar-refractivity contribution in [2.24, 2.45) is 7.05 Å². The van der Waals surface area contributed by atoms with Gasteiger partial charge in [0, 0.05) is 18.0 Å². The molecule has 4 heteroatoms. The molecular formula is C14H14N4. The summed E-state index contributed by atoms with van der Waals surface area (Å²) in [5.41, 5.74) is 15.8. The van der Waals surface area contributed by atoms with E-state index >= 15 is 0 Å². The summed E-state index contributed by atoms with van der Waals surface area (Å²) in [4.78, 5) is 0. The number of nitrogen functional groups attached to an aromatic ring is 2. The Bertz CT molecular complexity index is 728. The normalized spacial score (nSPS) is 10.9. The van der Waals surface area contributed by atoms with Gasteiger partial charge < -0.3 is 11.5 Å². The van der Waals surface area contributed by atoms with Gasteiger partial charge in [-0.3, -0.25) is 4.68 Å². The van der Waals surface area contributed by atoms with E-state index in [-0.39, 0.29) is 0 Å². The van der Waals surface area contributed by atoms with E-state index in [1.807, 2.05) is 48.1 Å². The van der Waals surface area contributed by atoms with Gasteiger partial charge >= 0.3 is 0 Å². The predicted molar refractivity (Wildman–Crippen MR) is 75.0 cm³/mol. The van der Waals surface area contributed by atoms with Gasteiger partial charge in [-0.05, 0) is 18.2 Å². The van der Waals surface area contributed by atoms with Crippen molar-refractivity contribution >= 4 is 22.3 Å². The topological polar surface area (TPSA) is 69.9 Å². The molecule has 0 aliphatic carbocycles. The predicted octanol–water partition coefficient (Wildman–Crippen LogP) is 2.40. The van der Waals surface area contributed by atoms with Crippen LogP contribution >= 0.6 is 0 Å². The second-order valence-electron chi connectivity index (χ2n) is 4.33. The average Bonchev–Trinajstić information content (AvgIpc) is 2.71. The van der Waals surface area contributed by atoms with E-state index in [1.165, 1.54) is 0 Å². The van der Waals surface area contributed by atoms with Gasteiger partial charge in [0.15, 0.2) is 0 Å². The number of anilines is 2. The molecule has 4 nitrogen and oxygen atoms in total. The number of hydrogen-bond acceptors (Lipinski definition) is 3. The summed E-state index contributed by atoms with van der Waals surface area (Å²) in [5.74, 6) is 0. The Morgan fingerprint density at radius 1 is 1.00 bits per heavy atom. The summed E-state index contributed by atoms with van der Waals surface area (Å²) in [7, 11) is 1.94. The zero-order valence-corrected chi connectivity index (χ0v) is 10.1. The van der Waals surface area contributed by atoms with Crippen LogP contribution < -0.4 is 11.5 Å². The highest BCUT2D eigenvalue weighted by Gasteiger charge is 2.10. The Morgan fingerprint density at radius 3 is 2.56 bits per heavy atom. The molecule has 0 atom stereocenters. The number of para-hydroxylation sites is 1. The minimum absolute atomic E-state index is 0.585. The first-order valence-corrected chi connectivity index (χ1v) is 5.74. The Morgan fingerprint density at radius 2 is 1.78 bits per heavy atom. The fourth-order valence-corrected chi connectivity index (χ4v) is 2.15. The lowest BCUT2D eigenvalue weighted by Crippen LogP contribution is -1.95. The zero-order valence-electron chi connectivity index (χ0n) is 10.1. The number of fused-ring (bicyclic) bond motifs is 1. The molecule has 0 aliphatic heterocycles. The molecule has 0 aliphatic rings. The van der Waals surface area contributed by atoms with Crippen LogP contribution in [-0.4, -0.2) is 9.78 Å². The van der Waals surface area contributed by atoms with Gasteiger partial charge in [0.1, 0.15) is 5.69 Å². The van der Waals surface area contributed by atoms with Gasteiger partial charge in [0.25, 0.3) is 0 Å². The lowest BCUT2D eigenvalue weighted by Gasteiger charge is -2.02. The fraction of sp³-hybridized carbons (Fsp3) is 0.0714. The molecule has 0 saturated carbocycles. The Labute approximate surface area is 105 Å². The number of nitrogens with two attached hydrogens (primary N) is 2. The SMILES string of the molecule is Cn1nc(-c2ccc(N)c(N)c2)c2ccccc21. The molecule has 2 aromatic carbocycles. The van der Waals surface area contributed by atoms with Gasteiger partial charge in [-0.25, -0.2) is 0 Å². The van der Waals surface area contributed by atoms with Crippen LogP contribution in [0.2, 0.25) is 0 Å². The smallest absolute Gasteiger partial charge is 0.100 e. The molecule has 4 N–H and O–H groups in total. The summed E-state index contributed by atoms with van der Waals surface area (Å²) in [5, 5.41) is 5.67. The van der Waals surface area contributed by atoms with Crippen LogP contribution in [0.1, 0.15) is 0 Å². The summed E-state index contributed by atoms with van der Waals surface area (Å²) in [6.45, 7) is 0. The van der Waals surface area contributed by atoms with Gasteiger partial charge in [-0.15, -0.1) is 0 Å². The van der Waals surface area contributed by atoms with Crippen LogP contribution in [0.5, 0.6) is 0 Å². The minimum atomic E-state index is 0.585. The molecule has 0 fully saturated rings. The first-order valence-electron chi connectivity index (χ1n) is 5.74. The molecule has 3 rings (SSSR count). The van der Waals surface area contributed by atoms with E-state index in [0.717, 1.165) is 22.2 Å². The molecule has 1 heterocycles. The third-order valence-corrected chi connectivity index (χ3v) is 3.12. The lowest BCUT2D eigenvalue weighted by molar-refractivity contribution is 0.800. The van der Waals surface area contributed by atoms with Crippen LogP contribution in [0.15, 0.2) is 42.5 Å². The van der Waals surface area contributed by atoms with Crippen molar-refractivity contribution in [3.8, 4) is 11.3 Å². The maximum Gasteiger partial charge on any atom is 0.100 e. The zero-order chi connectivity index (χ0) is 12.7. The molecule has 0 spiro atoms. The van der Waals surface area contributed by atoms with E-state index in [2.05, 4.69) is 11.2 Å². The fourth-order valence-electron chi connectivity index (χ4n) is 2.15. The molecule has 0 saturated heterocycles. The number of nitrogens with zero attached hydrogens (tertiary/aromatic N) is 2. The van der Waals surface area contributed by atoms with Crippen LogP contribution in [-0.2, 0) is 7.05 Å². The number of aromatic nitrogens is 2. The Hall–Kier alpha value is -2.49. The van der Waals surface area contributed by atoms with Gasteiger partial charge in [-0.1, -0.05) is 24.3 Å².